The molecule has 1 amide bonds. The number of Topliss-reactive ketones (excluding diaryl/α,β-unsaturated/α-hetero) is 2. The Labute approximate surface area is 254 Å². The molecule has 3 aliphatic rings. The summed E-state index contributed by atoms with van der Waals surface area (Å²) in [6.07, 6.45) is 3.77. The summed E-state index contributed by atoms with van der Waals surface area (Å²) in [6, 6.07) is 28.8. The Morgan fingerprint density at radius 3 is 2.48 bits per heavy atom. The molecule has 7 rings (SSSR count). The van der Waals surface area contributed by atoms with E-state index in [1.54, 1.807) is 48.5 Å². The predicted molar refractivity (Wildman–Crippen MR) is 163 cm³/mol. The highest BCUT2D eigenvalue weighted by molar-refractivity contribution is 6.16. The summed E-state index contributed by atoms with van der Waals surface area (Å²) in [5, 5.41) is 12.0. The van der Waals surface area contributed by atoms with Gasteiger partial charge in [0, 0.05) is 23.0 Å². The van der Waals surface area contributed by atoms with Gasteiger partial charge in [0.1, 0.15) is 29.0 Å². The Balaban J connectivity index is 1.48. The Bertz CT molecular complexity index is 1890. The molecule has 1 fully saturated rings. The summed E-state index contributed by atoms with van der Waals surface area (Å²) in [6.45, 7) is -0.129. The highest BCUT2D eigenvalue weighted by Crippen LogP contribution is 2.62. The number of para-hydroxylation sites is 1. The number of methoxy groups -OCH3 is 1. The number of nitrogens with zero attached hydrogens (tertiary/aromatic N) is 2. The maximum Gasteiger partial charge on any atom is 0.238 e. The average molecular weight is 582 g/mol. The average Bonchev–Trinajstić information content (AvgIpc) is 3.55. The lowest BCUT2D eigenvalue weighted by Crippen LogP contribution is -2.49. The number of ether oxygens (including phenoxy) is 2. The molecular weight excluding hydrogens is 554 g/mol. The van der Waals surface area contributed by atoms with Gasteiger partial charge in [-0.25, -0.2) is 0 Å². The normalized spacial score (nSPS) is 22.4. The SMILES string of the molecule is COc1cccc(C(=O)[C@@H]2[C@H](C(=O)c3ccc(OCC#N)cc3)[C@]3(C(=O)Nc4ccccc43)[C@H]3c4ccccc4C=CN23)c1. The Hall–Kier alpha value is -5.68. The molecule has 0 aliphatic carbocycles. The Morgan fingerprint density at radius 1 is 0.909 bits per heavy atom. The zero-order chi connectivity index (χ0) is 30.4. The summed E-state index contributed by atoms with van der Waals surface area (Å²) < 4.78 is 10.8. The quantitative estimate of drug-likeness (QED) is 0.284. The number of fused-ring (bicyclic) bond motifs is 6. The van der Waals surface area contributed by atoms with Crippen LogP contribution in [0.5, 0.6) is 11.5 Å². The summed E-state index contributed by atoms with van der Waals surface area (Å²) in [4.78, 5) is 46.1. The lowest BCUT2D eigenvalue weighted by molar-refractivity contribution is -0.122. The molecule has 216 valence electrons. The van der Waals surface area contributed by atoms with Crippen LogP contribution < -0.4 is 14.8 Å². The van der Waals surface area contributed by atoms with E-state index >= 15 is 0 Å². The second kappa shape index (κ2) is 10.5. The maximum atomic E-state index is 14.9. The number of rotatable bonds is 7. The third-order valence-corrected chi connectivity index (χ3v) is 8.92. The van der Waals surface area contributed by atoms with E-state index < -0.39 is 23.4 Å². The third-order valence-electron chi connectivity index (χ3n) is 8.92. The van der Waals surface area contributed by atoms with Crippen molar-refractivity contribution in [1.82, 2.24) is 4.90 Å². The van der Waals surface area contributed by atoms with Crippen LogP contribution in [0, 0.1) is 17.2 Å². The van der Waals surface area contributed by atoms with Gasteiger partial charge >= 0.3 is 0 Å². The minimum Gasteiger partial charge on any atom is -0.497 e. The fourth-order valence-electron chi connectivity index (χ4n) is 7.13. The van der Waals surface area contributed by atoms with Crippen molar-refractivity contribution >= 4 is 29.2 Å². The van der Waals surface area contributed by atoms with E-state index in [9.17, 15) is 14.4 Å². The lowest BCUT2D eigenvalue weighted by atomic mass is 9.62. The standard InChI is InChI=1S/C36H27N3O5/c1-43-26-9-6-8-24(21-26)33(41)31-30(32(40)23-13-15-25(16-14-23)44-20-18-37)36(28-11-4-5-12-29(28)38-35(36)42)34-27-10-3-2-7-22(27)17-19-39(31)34/h2-17,19,21,30-31,34H,20H2,1H3,(H,38,42)/t30-,31+,34-,36+/m1/s1. The summed E-state index contributed by atoms with van der Waals surface area (Å²) in [7, 11) is 1.53. The molecule has 8 heteroatoms. The fourth-order valence-corrected chi connectivity index (χ4v) is 7.13. The van der Waals surface area contributed by atoms with E-state index in [4.69, 9.17) is 14.7 Å². The number of ketones is 2. The van der Waals surface area contributed by atoms with E-state index in [0.29, 0.717) is 33.9 Å². The predicted octanol–water partition coefficient (Wildman–Crippen LogP) is 5.58. The molecule has 0 aromatic heterocycles. The second-order valence-electron chi connectivity index (χ2n) is 11.0. The van der Waals surface area contributed by atoms with E-state index in [-0.39, 0.29) is 24.1 Å². The van der Waals surface area contributed by atoms with Crippen molar-refractivity contribution in [3.63, 3.8) is 0 Å². The number of benzene rings is 4. The monoisotopic (exact) mass is 581 g/mol. The first kappa shape index (κ1) is 27.2. The number of carbonyl (C=O) groups is 3. The first-order chi connectivity index (χ1) is 21.5. The molecule has 44 heavy (non-hydrogen) atoms. The molecule has 1 spiro atoms. The number of amides is 1. The first-order valence-corrected chi connectivity index (χ1v) is 14.3. The fraction of sp³-hybridized carbons (Fsp3) is 0.167. The van der Waals surface area contributed by atoms with Gasteiger partial charge in [0.05, 0.1) is 19.1 Å². The van der Waals surface area contributed by atoms with Crippen LogP contribution in [0.2, 0.25) is 0 Å². The molecule has 0 bridgehead atoms. The molecule has 0 radical (unpaired) electrons. The summed E-state index contributed by atoms with van der Waals surface area (Å²) in [5.74, 6) is -1.11. The van der Waals surface area contributed by atoms with Crippen LogP contribution in [0.15, 0.2) is 103 Å². The van der Waals surface area contributed by atoms with Crippen molar-refractivity contribution in [3.05, 3.63) is 131 Å². The number of carbonyl (C=O) groups excluding carboxylic acids is 3. The minimum atomic E-state index is -1.43. The third kappa shape index (κ3) is 3.93. The molecule has 0 saturated carbocycles. The molecule has 1 N–H and O–H groups in total. The second-order valence-corrected chi connectivity index (χ2v) is 11.0. The molecule has 3 heterocycles. The van der Waals surface area contributed by atoms with Gasteiger partial charge < -0.3 is 19.7 Å². The van der Waals surface area contributed by atoms with E-state index in [0.717, 1.165) is 11.1 Å². The van der Waals surface area contributed by atoms with Gasteiger partial charge in [0.15, 0.2) is 18.2 Å². The Morgan fingerprint density at radius 2 is 1.68 bits per heavy atom. The van der Waals surface area contributed by atoms with Gasteiger partial charge in [-0.2, -0.15) is 5.26 Å². The van der Waals surface area contributed by atoms with Crippen molar-refractivity contribution in [2.45, 2.75) is 17.5 Å². The van der Waals surface area contributed by atoms with Crippen LogP contribution >= 0.6 is 0 Å². The molecule has 4 aromatic rings. The van der Waals surface area contributed by atoms with Crippen molar-refractivity contribution in [2.75, 3.05) is 19.0 Å². The maximum absolute atomic E-state index is 14.9. The summed E-state index contributed by atoms with van der Waals surface area (Å²) in [5.41, 5.74) is 2.36. The van der Waals surface area contributed by atoms with Gasteiger partial charge in [-0.1, -0.05) is 54.6 Å². The van der Waals surface area contributed by atoms with Crippen LogP contribution in [-0.4, -0.2) is 42.1 Å². The topological polar surface area (TPSA) is 109 Å². The van der Waals surface area contributed by atoms with Gasteiger partial charge in [-0.3, -0.25) is 14.4 Å². The largest absolute Gasteiger partial charge is 0.497 e. The number of anilines is 1. The van der Waals surface area contributed by atoms with E-state index in [1.807, 2.05) is 71.8 Å². The smallest absolute Gasteiger partial charge is 0.238 e. The molecule has 4 atom stereocenters. The lowest BCUT2D eigenvalue weighted by Gasteiger charge is -2.38. The van der Waals surface area contributed by atoms with Crippen molar-refractivity contribution in [1.29, 1.82) is 5.26 Å². The highest BCUT2D eigenvalue weighted by Gasteiger charge is 2.70. The van der Waals surface area contributed by atoms with Crippen LogP contribution in [0.3, 0.4) is 0 Å². The number of nitrogens with one attached hydrogen (secondary N) is 1. The number of hydrogen-bond donors (Lipinski definition) is 1. The Kier molecular flexibility index (Phi) is 6.51. The van der Waals surface area contributed by atoms with Gasteiger partial charge in [0.2, 0.25) is 5.91 Å². The summed E-state index contributed by atoms with van der Waals surface area (Å²) >= 11 is 0. The van der Waals surface area contributed by atoms with Crippen LogP contribution in [0.1, 0.15) is 43.4 Å². The highest BCUT2D eigenvalue weighted by atomic mass is 16.5. The van der Waals surface area contributed by atoms with Crippen LogP contribution in [0.4, 0.5) is 5.69 Å². The molecule has 0 unspecified atom stereocenters. The molecule has 3 aliphatic heterocycles. The van der Waals surface area contributed by atoms with Crippen LogP contribution in [0.25, 0.3) is 6.08 Å². The molecule has 8 nitrogen and oxygen atoms in total. The van der Waals surface area contributed by atoms with Gasteiger partial charge in [-0.15, -0.1) is 0 Å². The van der Waals surface area contributed by atoms with Crippen LogP contribution in [-0.2, 0) is 10.2 Å². The zero-order valence-corrected chi connectivity index (χ0v) is 23.8. The molecule has 4 aromatic carbocycles. The first-order valence-electron chi connectivity index (χ1n) is 14.3. The number of nitriles is 1. The van der Waals surface area contributed by atoms with Gasteiger partial charge in [-0.05, 0) is 65.2 Å². The van der Waals surface area contributed by atoms with Crippen molar-refractivity contribution < 1.29 is 23.9 Å². The van der Waals surface area contributed by atoms with Gasteiger partial charge in [0.25, 0.3) is 0 Å². The van der Waals surface area contributed by atoms with Crippen molar-refractivity contribution in [3.8, 4) is 17.6 Å². The van der Waals surface area contributed by atoms with Crippen molar-refractivity contribution in [2.24, 2.45) is 5.92 Å². The van der Waals surface area contributed by atoms with E-state index in [1.165, 1.54) is 7.11 Å². The zero-order valence-electron chi connectivity index (χ0n) is 23.8. The number of hydrogen-bond acceptors (Lipinski definition) is 7. The minimum absolute atomic E-state index is 0.129. The molecular formula is C36H27N3O5. The molecule has 1 saturated heterocycles. The van der Waals surface area contributed by atoms with E-state index in [2.05, 4.69) is 5.32 Å².